The zero-order valence-electron chi connectivity index (χ0n) is 17.4. The largest absolute Gasteiger partial charge is 0.484 e. The molecule has 3 heterocycles. The van der Waals surface area contributed by atoms with Crippen molar-refractivity contribution in [2.75, 3.05) is 13.2 Å². The van der Waals surface area contributed by atoms with Gasteiger partial charge in [-0.1, -0.05) is 18.2 Å². The van der Waals surface area contributed by atoms with Gasteiger partial charge in [-0.2, -0.15) is 5.10 Å². The smallest absolute Gasteiger partial charge is 0.260 e. The minimum absolute atomic E-state index is 0.0250. The van der Waals surface area contributed by atoms with Gasteiger partial charge in [0.25, 0.3) is 5.91 Å². The Balaban J connectivity index is 1.43. The van der Waals surface area contributed by atoms with Gasteiger partial charge in [0.1, 0.15) is 18.1 Å². The summed E-state index contributed by atoms with van der Waals surface area (Å²) in [6.07, 6.45) is 2.47. The molecule has 0 fully saturated rings. The molecule has 0 bridgehead atoms. The van der Waals surface area contributed by atoms with Gasteiger partial charge in [-0.3, -0.25) is 9.48 Å². The van der Waals surface area contributed by atoms with Crippen LogP contribution in [0.5, 0.6) is 11.6 Å². The first kappa shape index (κ1) is 19.9. The number of aryl methyl sites for hydroxylation is 2. The van der Waals surface area contributed by atoms with Gasteiger partial charge in [0.05, 0.1) is 0 Å². The van der Waals surface area contributed by atoms with Gasteiger partial charge >= 0.3 is 0 Å². The van der Waals surface area contributed by atoms with Crippen molar-refractivity contribution >= 4 is 5.91 Å². The molecule has 1 aliphatic heterocycles. The van der Waals surface area contributed by atoms with E-state index in [1.807, 2.05) is 59.0 Å². The van der Waals surface area contributed by atoms with E-state index in [1.165, 1.54) is 5.69 Å². The Morgan fingerprint density at radius 1 is 1.17 bits per heavy atom. The number of nitrogens with zero attached hydrogens (tertiary/aromatic N) is 4. The van der Waals surface area contributed by atoms with Gasteiger partial charge in [0.15, 0.2) is 6.61 Å². The number of aromatic nitrogens is 3. The third kappa shape index (κ3) is 4.45. The number of rotatable bonds is 7. The first-order valence-electron chi connectivity index (χ1n) is 10.2. The Morgan fingerprint density at radius 2 is 2.07 bits per heavy atom. The minimum atomic E-state index is -0.0250. The zero-order valence-corrected chi connectivity index (χ0v) is 17.4. The van der Waals surface area contributed by atoms with E-state index in [0.29, 0.717) is 31.3 Å². The Kier molecular flexibility index (Phi) is 5.97. The number of amides is 1. The highest BCUT2D eigenvalue weighted by atomic mass is 16.5. The van der Waals surface area contributed by atoms with Crippen LogP contribution in [0.25, 0.3) is 0 Å². The normalized spacial score (nSPS) is 13.1. The van der Waals surface area contributed by atoms with Crippen molar-refractivity contribution in [2.45, 2.75) is 40.0 Å². The lowest BCUT2D eigenvalue weighted by Gasteiger charge is -2.28. The molecule has 1 amide bonds. The van der Waals surface area contributed by atoms with E-state index in [4.69, 9.17) is 14.6 Å². The van der Waals surface area contributed by atoms with Gasteiger partial charge in [0.2, 0.25) is 5.88 Å². The molecule has 7 nitrogen and oxygen atoms in total. The van der Waals surface area contributed by atoms with Crippen LogP contribution in [-0.2, 0) is 30.9 Å². The number of benzene rings is 1. The maximum atomic E-state index is 12.8. The minimum Gasteiger partial charge on any atom is -0.484 e. The van der Waals surface area contributed by atoms with Crippen LogP contribution in [0.4, 0.5) is 0 Å². The van der Waals surface area contributed by atoms with Crippen molar-refractivity contribution in [3.8, 4) is 11.6 Å². The van der Waals surface area contributed by atoms with Crippen LogP contribution in [0, 0.1) is 6.92 Å². The fraction of sp³-hybridized carbons (Fsp3) is 0.348. The van der Waals surface area contributed by atoms with E-state index >= 15 is 0 Å². The third-order valence-electron chi connectivity index (χ3n) is 5.22. The Morgan fingerprint density at radius 3 is 2.83 bits per heavy atom. The highest BCUT2D eigenvalue weighted by Gasteiger charge is 2.27. The molecule has 2 aromatic heterocycles. The number of carbonyl (C=O) groups is 1. The molecule has 156 valence electrons. The summed E-state index contributed by atoms with van der Waals surface area (Å²) in [5.74, 6) is 1.25. The molecule has 7 heteroatoms. The average Bonchev–Trinajstić information content (AvgIpc) is 3.14. The molecule has 1 aromatic carbocycles. The summed E-state index contributed by atoms with van der Waals surface area (Å²) in [5.41, 5.74) is 4.21. The summed E-state index contributed by atoms with van der Waals surface area (Å²) < 4.78 is 13.5. The second-order valence-electron chi connectivity index (χ2n) is 7.31. The van der Waals surface area contributed by atoms with Crippen LogP contribution in [0.2, 0.25) is 0 Å². The fourth-order valence-corrected chi connectivity index (χ4v) is 3.67. The molecule has 0 saturated carbocycles. The van der Waals surface area contributed by atoms with Crippen LogP contribution >= 0.6 is 0 Å². The van der Waals surface area contributed by atoms with Gasteiger partial charge in [0, 0.05) is 49.6 Å². The highest BCUT2D eigenvalue weighted by Crippen LogP contribution is 2.24. The van der Waals surface area contributed by atoms with Crippen molar-refractivity contribution in [2.24, 2.45) is 0 Å². The summed E-state index contributed by atoms with van der Waals surface area (Å²) in [5, 5.41) is 4.72. The molecule has 0 N–H and O–H groups in total. The lowest BCUT2D eigenvalue weighted by Crippen LogP contribution is -2.39. The van der Waals surface area contributed by atoms with E-state index < -0.39 is 0 Å². The van der Waals surface area contributed by atoms with Crippen molar-refractivity contribution in [1.82, 2.24) is 19.7 Å². The number of hydrogen-bond donors (Lipinski definition) is 0. The van der Waals surface area contributed by atoms with E-state index in [-0.39, 0.29) is 12.5 Å². The van der Waals surface area contributed by atoms with Crippen molar-refractivity contribution in [3.63, 3.8) is 0 Å². The number of hydrogen-bond acceptors (Lipinski definition) is 5. The Labute approximate surface area is 176 Å². The molecule has 0 spiro atoms. The number of carbonyl (C=O) groups excluding carboxylic acids is 1. The summed E-state index contributed by atoms with van der Waals surface area (Å²) >= 11 is 0. The Hall–Kier alpha value is -3.35. The van der Waals surface area contributed by atoms with Crippen LogP contribution in [0.1, 0.15) is 29.4 Å². The highest BCUT2D eigenvalue weighted by molar-refractivity contribution is 5.78. The topological polar surface area (TPSA) is 69.5 Å². The van der Waals surface area contributed by atoms with E-state index in [1.54, 1.807) is 6.20 Å². The average molecular weight is 406 g/mol. The predicted octanol–water partition coefficient (Wildman–Crippen LogP) is 3.15. The predicted molar refractivity (Wildman–Crippen MR) is 112 cm³/mol. The number of pyridine rings is 1. The molecule has 0 saturated heterocycles. The van der Waals surface area contributed by atoms with Crippen molar-refractivity contribution in [1.29, 1.82) is 0 Å². The first-order chi connectivity index (χ1) is 14.6. The second-order valence-corrected chi connectivity index (χ2v) is 7.31. The van der Waals surface area contributed by atoms with E-state index in [9.17, 15) is 4.79 Å². The molecule has 4 rings (SSSR count). The van der Waals surface area contributed by atoms with Crippen LogP contribution in [0.15, 0.2) is 48.7 Å². The van der Waals surface area contributed by atoms with Crippen LogP contribution in [-0.4, -0.2) is 38.7 Å². The lowest BCUT2D eigenvalue weighted by atomic mass is 10.1. The quantitative estimate of drug-likeness (QED) is 0.603. The zero-order chi connectivity index (χ0) is 20.9. The SMILES string of the molecule is CCn1nc(COc2ccccn2)c2c1CCN(C(=O)COc1cccc(C)c1)C2. The monoisotopic (exact) mass is 406 g/mol. The van der Waals surface area contributed by atoms with E-state index in [2.05, 4.69) is 11.9 Å². The third-order valence-corrected chi connectivity index (χ3v) is 5.22. The van der Waals surface area contributed by atoms with Crippen LogP contribution < -0.4 is 9.47 Å². The van der Waals surface area contributed by atoms with Gasteiger partial charge < -0.3 is 14.4 Å². The second kappa shape index (κ2) is 8.98. The summed E-state index contributed by atoms with van der Waals surface area (Å²) in [6, 6.07) is 13.3. The molecule has 0 aliphatic carbocycles. The van der Waals surface area contributed by atoms with Crippen molar-refractivity contribution in [3.05, 3.63) is 71.2 Å². The van der Waals surface area contributed by atoms with Gasteiger partial charge in [-0.15, -0.1) is 0 Å². The van der Waals surface area contributed by atoms with Crippen LogP contribution in [0.3, 0.4) is 0 Å². The Bertz CT molecular complexity index is 1020. The van der Waals surface area contributed by atoms with E-state index in [0.717, 1.165) is 29.8 Å². The number of ether oxygens (including phenoxy) is 2. The molecular weight excluding hydrogens is 380 g/mol. The molecule has 0 radical (unpaired) electrons. The van der Waals surface area contributed by atoms with Crippen molar-refractivity contribution < 1.29 is 14.3 Å². The fourth-order valence-electron chi connectivity index (χ4n) is 3.67. The van der Waals surface area contributed by atoms with Gasteiger partial charge in [-0.05, 0) is 37.6 Å². The summed E-state index contributed by atoms with van der Waals surface area (Å²) in [6.45, 7) is 6.40. The molecular formula is C23H26N4O3. The maximum Gasteiger partial charge on any atom is 0.260 e. The summed E-state index contributed by atoms with van der Waals surface area (Å²) in [7, 11) is 0. The molecule has 0 unspecified atom stereocenters. The molecule has 3 aromatic rings. The molecule has 30 heavy (non-hydrogen) atoms. The lowest BCUT2D eigenvalue weighted by molar-refractivity contribution is -0.134. The van der Waals surface area contributed by atoms with Gasteiger partial charge in [-0.25, -0.2) is 4.98 Å². The molecule has 1 aliphatic rings. The maximum absolute atomic E-state index is 12.8. The number of fused-ring (bicyclic) bond motifs is 1. The molecule has 0 atom stereocenters. The standard InChI is InChI=1S/C23H26N4O3/c1-3-27-21-10-12-26(23(28)16-29-18-8-6-7-17(2)13-18)14-19(21)20(25-27)15-30-22-9-4-5-11-24-22/h4-9,11,13H,3,10,12,14-16H2,1-2H3. The summed E-state index contributed by atoms with van der Waals surface area (Å²) in [4.78, 5) is 18.8. The first-order valence-corrected chi connectivity index (χ1v) is 10.2.